The summed E-state index contributed by atoms with van der Waals surface area (Å²) in [6, 6.07) is 21.6. The number of amides is 2. The third-order valence-electron chi connectivity index (χ3n) is 5.10. The molecule has 0 aliphatic carbocycles. The first-order valence-electron chi connectivity index (χ1n) is 10.5. The van der Waals surface area contributed by atoms with Crippen molar-refractivity contribution in [2.24, 2.45) is 0 Å². The number of hydrogen-bond acceptors (Lipinski definition) is 5. The molecule has 4 aromatic rings. The number of benzene rings is 3. The molecule has 1 aromatic heterocycles. The third kappa shape index (κ3) is 4.82. The lowest BCUT2D eigenvalue weighted by Gasteiger charge is -2.16. The zero-order chi connectivity index (χ0) is 23.4. The number of methoxy groups -OCH3 is 1. The predicted octanol–water partition coefficient (Wildman–Crippen LogP) is 5.41. The molecule has 2 N–H and O–H groups in total. The summed E-state index contributed by atoms with van der Waals surface area (Å²) in [5.74, 6) is 0.0660. The normalized spacial score (nSPS) is 11.6. The number of carbonyl (C=O) groups excluding carboxylic acids is 2. The van der Waals surface area contributed by atoms with Crippen molar-refractivity contribution in [2.45, 2.75) is 20.0 Å². The molecule has 1 heterocycles. The van der Waals surface area contributed by atoms with Gasteiger partial charge in [0.1, 0.15) is 11.3 Å². The summed E-state index contributed by atoms with van der Waals surface area (Å²) in [5, 5.41) is 6.24. The molecule has 0 aliphatic rings. The summed E-state index contributed by atoms with van der Waals surface area (Å²) in [4.78, 5) is 26.0. The first-order chi connectivity index (χ1) is 16.0. The number of furan rings is 1. The summed E-state index contributed by atoms with van der Waals surface area (Å²) >= 11 is 0. The molecule has 0 aliphatic heterocycles. The van der Waals surface area contributed by atoms with Gasteiger partial charge in [-0.2, -0.15) is 0 Å². The fraction of sp³-hybridized carbons (Fsp3) is 0.154. The number of fused-ring (bicyclic) bond motifs is 1. The highest BCUT2D eigenvalue weighted by Crippen LogP contribution is 2.32. The van der Waals surface area contributed by atoms with Gasteiger partial charge >= 0.3 is 0 Å². The Morgan fingerprint density at radius 1 is 0.879 bits per heavy atom. The molecule has 168 valence electrons. The van der Waals surface area contributed by atoms with Crippen LogP contribution in [0, 0.1) is 6.92 Å². The average molecular weight is 444 g/mol. The lowest BCUT2D eigenvalue weighted by atomic mass is 10.2. The molecule has 0 fully saturated rings. The molecule has 0 radical (unpaired) electrons. The van der Waals surface area contributed by atoms with Gasteiger partial charge in [0.05, 0.1) is 7.11 Å². The third-order valence-corrected chi connectivity index (χ3v) is 5.10. The Labute approximate surface area is 191 Å². The van der Waals surface area contributed by atoms with Crippen molar-refractivity contribution < 1.29 is 23.5 Å². The van der Waals surface area contributed by atoms with Crippen molar-refractivity contribution in [3.8, 4) is 11.5 Å². The maximum atomic E-state index is 13.0. The van der Waals surface area contributed by atoms with Gasteiger partial charge in [-0.1, -0.05) is 42.0 Å². The van der Waals surface area contributed by atoms with Crippen molar-refractivity contribution in [3.05, 3.63) is 84.1 Å². The van der Waals surface area contributed by atoms with E-state index in [0.717, 1.165) is 5.56 Å². The molecule has 3 aromatic carbocycles. The van der Waals surface area contributed by atoms with Gasteiger partial charge in [0.15, 0.2) is 17.6 Å². The standard InChI is InChI=1S/C26H24N2O5/c1-16-12-14-18(15-13-16)27-26(30)24-23(19-8-4-5-9-20(19)33-24)28-25(29)17(2)32-22-11-7-6-10-21(22)31-3/h4-15,17H,1-3H3,(H,27,30)(H,28,29)/t17-/m1/s1. The number of para-hydroxylation sites is 3. The first-order valence-corrected chi connectivity index (χ1v) is 10.5. The Morgan fingerprint density at radius 3 is 2.27 bits per heavy atom. The van der Waals surface area contributed by atoms with Crippen LogP contribution in [0.1, 0.15) is 23.0 Å². The van der Waals surface area contributed by atoms with Gasteiger partial charge in [0, 0.05) is 11.1 Å². The molecule has 4 rings (SSSR count). The van der Waals surface area contributed by atoms with Gasteiger partial charge in [-0.05, 0) is 50.2 Å². The number of hydrogen-bond donors (Lipinski definition) is 2. The van der Waals surface area contributed by atoms with E-state index < -0.39 is 17.9 Å². The highest BCUT2D eigenvalue weighted by molar-refractivity contribution is 6.15. The van der Waals surface area contributed by atoms with Crippen LogP contribution in [-0.4, -0.2) is 25.0 Å². The second-order valence-corrected chi connectivity index (χ2v) is 7.52. The highest BCUT2D eigenvalue weighted by Gasteiger charge is 2.25. The van der Waals surface area contributed by atoms with Crippen molar-refractivity contribution >= 4 is 34.2 Å². The van der Waals surface area contributed by atoms with Crippen molar-refractivity contribution in [1.82, 2.24) is 0 Å². The van der Waals surface area contributed by atoms with E-state index in [1.54, 1.807) is 55.5 Å². The zero-order valence-corrected chi connectivity index (χ0v) is 18.5. The highest BCUT2D eigenvalue weighted by atomic mass is 16.5. The first kappa shape index (κ1) is 22.0. The summed E-state index contributed by atoms with van der Waals surface area (Å²) in [7, 11) is 1.53. The van der Waals surface area contributed by atoms with Crippen molar-refractivity contribution in [3.63, 3.8) is 0 Å². The van der Waals surface area contributed by atoms with E-state index in [1.165, 1.54) is 7.11 Å². The summed E-state index contributed by atoms with van der Waals surface area (Å²) in [6.45, 7) is 3.59. The molecule has 0 unspecified atom stereocenters. The second-order valence-electron chi connectivity index (χ2n) is 7.52. The van der Waals surface area contributed by atoms with Crippen molar-refractivity contribution in [2.75, 3.05) is 17.7 Å². The molecule has 0 saturated carbocycles. The van der Waals surface area contributed by atoms with Crippen LogP contribution in [-0.2, 0) is 4.79 Å². The van der Waals surface area contributed by atoms with E-state index in [9.17, 15) is 9.59 Å². The van der Waals surface area contributed by atoms with Crippen LogP contribution in [0.5, 0.6) is 11.5 Å². The molecular weight excluding hydrogens is 420 g/mol. The zero-order valence-electron chi connectivity index (χ0n) is 18.5. The second kappa shape index (κ2) is 9.48. The Bertz CT molecular complexity index is 1290. The molecule has 0 bridgehead atoms. The minimum Gasteiger partial charge on any atom is -0.493 e. The van der Waals surface area contributed by atoms with Gasteiger partial charge in [-0.15, -0.1) is 0 Å². The quantitative estimate of drug-likeness (QED) is 0.398. The van der Waals surface area contributed by atoms with Crippen LogP contribution in [0.3, 0.4) is 0 Å². The van der Waals surface area contributed by atoms with Gasteiger partial charge in [-0.3, -0.25) is 9.59 Å². The SMILES string of the molecule is COc1ccccc1O[C@H](C)C(=O)Nc1c(C(=O)Nc2ccc(C)cc2)oc2ccccc12. The van der Waals surface area contributed by atoms with E-state index in [2.05, 4.69) is 10.6 Å². The molecule has 1 atom stereocenters. The van der Waals surface area contributed by atoms with Gasteiger partial charge in [0.25, 0.3) is 11.8 Å². The Morgan fingerprint density at radius 2 is 1.55 bits per heavy atom. The van der Waals surface area contributed by atoms with E-state index >= 15 is 0 Å². The molecular formula is C26H24N2O5. The van der Waals surface area contributed by atoms with Crippen LogP contribution in [0.25, 0.3) is 11.0 Å². The van der Waals surface area contributed by atoms with Crippen LogP contribution in [0.15, 0.2) is 77.2 Å². The molecule has 2 amide bonds. The Kier molecular flexibility index (Phi) is 6.31. The predicted molar refractivity (Wildman–Crippen MR) is 127 cm³/mol. The topological polar surface area (TPSA) is 89.8 Å². The monoisotopic (exact) mass is 444 g/mol. The number of ether oxygens (including phenoxy) is 2. The van der Waals surface area contributed by atoms with E-state index in [-0.39, 0.29) is 11.4 Å². The van der Waals surface area contributed by atoms with Crippen molar-refractivity contribution in [1.29, 1.82) is 0 Å². The Balaban J connectivity index is 1.59. The molecule has 7 heteroatoms. The van der Waals surface area contributed by atoms with Gasteiger partial charge in [-0.25, -0.2) is 0 Å². The van der Waals surface area contributed by atoms with E-state index in [1.807, 2.05) is 31.2 Å². The maximum Gasteiger partial charge on any atom is 0.293 e. The lowest BCUT2D eigenvalue weighted by molar-refractivity contribution is -0.122. The van der Waals surface area contributed by atoms with Crippen LogP contribution in [0.4, 0.5) is 11.4 Å². The fourth-order valence-corrected chi connectivity index (χ4v) is 3.34. The number of anilines is 2. The molecule has 0 spiro atoms. The Hall–Kier alpha value is -4.26. The van der Waals surface area contributed by atoms with Crippen LogP contribution >= 0.6 is 0 Å². The largest absolute Gasteiger partial charge is 0.493 e. The fourth-order valence-electron chi connectivity index (χ4n) is 3.34. The number of nitrogens with one attached hydrogen (secondary N) is 2. The van der Waals surface area contributed by atoms with E-state index in [0.29, 0.717) is 28.2 Å². The van der Waals surface area contributed by atoms with Gasteiger partial charge in [0.2, 0.25) is 5.76 Å². The van der Waals surface area contributed by atoms with Crippen LogP contribution < -0.4 is 20.1 Å². The maximum absolute atomic E-state index is 13.0. The smallest absolute Gasteiger partial charge is 0.293 e. The number of aryl methyl sites for hydroxylation is 1. The number of carbonyl (C=O) groups is 2. The molecule has 0 saturated heterocycles. The summed E-state index contributed by atoms with van der Waals surface area (Å²) < 4.78 is 16.9. The lowest BCUT2D eigenvalue weighted by Crippen LogP contribution is -2.31. The van der Waals surface area contributed by atoms with Crippen LogP contribution in [0.2, 0.25) is 0 Å². The molecule has 33 heavy (non-hydrogen) atoms. The minimum atomic E-state index is -0.858. The average Bonchev–Trinajstić information content (AvgIpc) is 3.19. The van der Waals surface area contributed by atoms with E-state index in [4.69, 9.17) is 13.9 Å². The minimum absolute atomic E-state index is 0.00890. The summed E-state index contributed by atoms with van der Waals surface area (Å²) in [5.41, 5.74) is 2.47. The molecule has 7 nitrogen and oxygen atoms in total. The van der Waals surface area contributed by atoms with Gasteiger partial charge < -0.3 is 24.5 Å². The summed E-state index contributed by atoms with van der Waals surface area (Å²) in [6.07, 6.45) is -0.858. The number of rotatable bonds is 7.